The maximum atomic E-state index is 12.2. The lowest BCUT2D eigenvalue weighted by atomic mass is 10.1. The molecule has 0 aliphatic carbocycles. The molecule has 0 bridgehead atoms. The zero-order chi connectivity index (χ0) is 21.1. The standard InChI is InChI=1S/C20H30F3N3O3/c21-20(22,23)15-29-14-13-26(12-4-7-18(27)28)11-2-1-6-17-9-8-16-5-3-10-24-19(16)25-17/h8-9H,1-7,10-15H2,(H,24,25)(H,27,28). The first-order valence-electron chi connectivity index (χ1n) is 10.1. The third-order valence-corrected chi connectivity index (χ3v) is 4.79. The summed E-state index contributed by atoms with van der Waals surface area (Å²) in [7, 11) is 0. The first-order chi connectivity index (χ1) is 13.8. The van der Waals surface area contributed by atoms with Gasteiger partial charge in [-0.3, -0.25) is 4.79 Å². The van der Waals surface area contributed by atoms with Gasteiger partial charge in [0.05, 0.1) is 6.61 Å². The van der Waals surface area contributed by atoms with Crippen molar-refractivity contribution >= 4 is 11.8 Å². The zero-order valence-electron chi connectivity index (χ0n) is 16.6. The Hall–Kier alpha value is -1.87. The summed E-state index contributed by atoms with van der Waals surface area (Å²) in [6.45, 7) is 1.25. The Bertz CT molecular complexity index is 641. The minimum Gasteiger partial charge on any atom is -0.481 e. The molecular weight excluding hydrogens is 387 g/mol. The van der Waals surface area contributed by atoms with E-state index in [-0.39, 0.29) is 13.0 Å². The van der Waals surface area contributed by atoms with E-state index in [0.29, 0.717) is 26.1 Å². The molecule has 0 atom stereocenters. The molecule has 164 valence electrons. The number of carbonyl (C=O) groups is 1. The second-order valence-corrected chi connectivity index (χ2v) is 7.30. The number of nitrogens with one attached hydrogen (secondary N) is 1. The molecule has 0 aromatic carbocycles. The number of hydrogen-bond acceptors (Lipinski definition) is 5. The summed E-state index contributed by atoms with van der Waals surface area (Å²) in [5, 5.41) is 12.1. The van der Waals surface area contributed by atoms with Crippen LogP contribution in [0.5, 0.6) is 0 Å². The number of hydrogen-bond donors (Lipinski definition) is 2. The highest BCUT2D eigenvalue weighted by Gasteiger charge is 2.27. The molecular formula is C20H30F3N3O3. The highest BCUT2D eigenvalue weighted by molar-refractivity contribution is 5.66. The lowest BCUT2D eigenvalue weighted by Crippen LogP contribution is -2.31. The number of aliphatic carboxylic acids is 1. The van der Waals surface area contributed by atoms with Crippen molar-refractivity contribution in [1.29, 1.82) is 0 Å². The topological polar surface area (TPSA) is 74.7 Å². The van der Waals surface area contributed by atoms with Crippen LogP contribution < -0.4 is 5.32 Å². The summed E-state index contributed by atoms with van der Waals surface area (Å²) in [6, 6.07) is 4.18. The quantitative estimate of drug-likeness (QED) is 0.479. The molecule has 1 aliphatic rings. The number of carboxylic acid groups (broad SMARTS) is 1. The Balaban J connectivity index is 1.71. The number of carboxylic acids is 1. The third-order valence-electron chi connectivity index (χ3n) is 4.79. The van der Waals surface area contributed by atoms with Gasteiger partial charge in [-0.15, -0.1) is 0 Å². The number of aryl methyl sites for hydroxylation is 2. The summed E-state index contributed by atoms with van der Waals surface area (Å²) in [5.41, 5.74) is 2.28. The molecule has 0 saturated heterocycles. The van der Waals surface area contributed by atoms with E-state index in [1.165, 1.54) is 5.56 Å². The molecule has 0 saturated carbocycles. The van der Waals surface area contributed by atoms with Gasteiger partial charge in [0.1, 0.15) is 12.4 Å². The minimum atomic E-state index is -4.33. The highest BCUT2D eigenvalue weighted by Crippen LogP contribution is 2.20. The number of halogens is 3. The molecule has 6 nitrogen and oxygen atoms in total. The lowest BCUT2D eigenvalue weighted by molar-refractivity contribution is -0.174. The zero-order valence-corrected chi connectivity index (χ0v) is 16.6. The lowest BCUT2D eigenvalue weighted by Gasteiger charge is -2.22. The predicted molar refractivity (Wildman–Crippen MR) is 104 cm³/mol. The van der Waals surface area contributed by atoms with Gasteiger partial charge in [0, 0.05) is 25.2 Å². The SMILES string of the molecule is O=C(O)CCCN(CCCCc1ccc2c(n1)NCCC2)CCOCC(F)(F)F. The number of unbranched alkanes of at least 4 members (excludes halogenated alkanes) is 1. The molecule has 2 rings (SSSR count). The number of rotatable bonds is 13. The summed E-state index contributed by atoms with van der Waals surface area (Å²) < 4.78 is 41.2. The number of fused-ring (bicyclic) bond motifs is 1. The molecule has 29 heavy (non-hydrogen) atoms. The molecule has 0 amide bonds. The summed E-state index contributed by atoms with van der Waals surface area (Å²) in [6.07, 6.45) is 0.963. The monoisotopic (exact) mass is 417 g/mol. The van der Waals surface area contributed by atoms with Gasteiger partial charge < -0.3 is 20.1 Å². The molecule has 0 unspecified atom stereocenters. The molecule has 1 aliphatic heterocycles. The van der Waals surface area contributed by atoms with E-state index >= 15 is 0 Å². The highest BCUT2D eigenvalue weighted by atomic mass is 19.4. The van der Waals surface area contributed by atoms with Crippen LogP contribution >= 0.6 is 0 Å². The Morgan fingerprint density at radius 3 is 2.76 bits per heavy atom. The van der Waals surface area contributed by atoms with Gasteiger partial charge in [-0.1, -0.05) is 6.07 Å². The maximum absolute atomic E-state index is 12.2. The number of ether oxygens (including phenoxy) is 1. The number of nitrogens with zero attached hydrogens (tertiary/aromatic N) is 2. The van der Waals surface area contributed by atoms with Crippen LogP contribution in [0.3, 0.4) is 0 Å². The molecule has 2 N–H and O–H groups in total. The predicted octanol–water partition coefficient (Wildman–Crippen LogP) is 3.51. The second kappa shape index (κ2) is 12.0. The Kier molecular flexibility index (Phi) is 9.66. The molecule has 0 radical (unpaired) electrons. The Morgan fingerprint density at radius 1 is 1.21 bits per heavy atom. The number of anilines is 1. The number of alkyl halides is 3. The smallest absolute Gasteiger partial charge is 0.411 e. The second-order valence-electron chi connectivity index (χ2n) is 7.30. The van der Waals surface area contributed by atoms with Crippen molar-refractivity contribution in [2.45, 2.75) is 51.1 Å². The Morgan fingerprint density at radius 2 is 2.00 bits per heavy atom. The number of aromatic nitrogens is 1. The summed E-state index contributed by atoms with van der Waals surface area (Å²) >= 11 is 0. The van der Waals surface area contributed by atoms with Crippen molar-refractivity contribution in [2.75, 3.05) is 44.7 Å². The van der Waals surface area contributed by atoms with Crippen molar-refractivity contribution in [3.05, 3.63) is 23.4 Å². The molecule has 1 aromatic rings. The van der Waals surface area contributed by atoms with Gasteiger partial charge in [-0.25, -0.2) is 4.98 Å². The van der Waals surface area contributed by atoms with Crippen LogP contribution in [0.15, 0.2) is 12.1 Å². The van der Waals surface area contributed by atoms with E-state index in [1.54, 1.807) is 0 Å². The van der Waals surface area contributed by atoms with E-state index < -0.39 is 18.8 Å². The van der Waals surface area contributed by atoms with Crippen molar-refractivity contribution in [3.63, 3.8) is 0 Å². The van der Waals surface area contributed by atoms with Crippen molar-refractivity contribution < 1.29 is 27.8 Å². The van der Waals surface area contributed by atoms with E-state index in [1.807, 2.05) is 4.90 Å². The van der Waals surface area contributed by atoms with Gasteiger partial charge in [0.2, 0.25) is 0 Å². The minimum absolute atomic E-state index is 0.0232. The van der Waals surface area contributed by atoms with E-state index in [0.717, 1.165) is 50.2 Å². The van der Waals surface area contributed by atoms with E-state index in [9.17, 15) is 18.0 Å². The van der Waals surface area contributed by atoms with Crippen molar-refractivity contribution in [3.8, 4) is 0 Å². The average molecular weight is 417 g/mol. The van der Waals surface area contributed by atoms with Crippen molar-refractivity contribution in [2.24, 2.45) is 0 Å². The average Bonchev–Trinajstić information content (AvgIpc) is 2.66. The van der Waals surface area contributed by atoms with Gasteiger partial charge >= 0.3 is 12.1 Å². The molecule has 9 heteroatoms. The normalized spacial score (nSPS) is 13.9. The van der Waals surface area contributed by atoms with Gasteiger partial charge in [-0.2, -0.15) is 13.2 Å². The molecule has 2 heterocycles. The summed E-state index contributed by atoms with van der Waals surface area (Å²) in [5.74, 6) is 0.108. The summed E-state index contributed by atoms with van der Waals surface area (Å²) in [4.78, 5) is 17.3. The fourth-order valence-corrected chi connectivity index (χ4v) is 3.32. The first kappa shape index (κ1) is 23.4. The van der Waals surface area contributed by atoms with Crippen molar-refractivity contribution in [1.82, 2.24) is 9.88 Å². The van der Waals surface area contributed by atoms with Gasteiger partial charge in [-0.05, 0) is 63.2 Å². The molecule has 0 fully saturated rings. The van der Waals surface area contributed by atoms with Crippen LogP contribution in [-0.4, -0.2) is 66.5 Å². The molecule has 1 aromatic heterocycles. The van der Waals surface area contributed by atoms with Crippen LogP contribution in [0.2, 0.25) is 0 Å². The Labute approximate surface area is 169 Å². The van der Waals surface area contributed by atoms with Crippen LogP contribution in [0, 0.1) is 0 Å². The van der Waals surface area contributed by atoms with Crippen LogP contribution in [0.4, 0.5) is 19.0 Å². The van der Waals surface area contributed by atoms with E-state index in [4.69, 9.17) is 5.11 Å². The first-order valence-corrected chi connectivity index (χ1v) is 10.1. The van der Waals surface area contributed by atoms with E-state index in [2.05, 4.69) is 27.2 Å². The van der Waals surface area contributed by atoms with Crippen LogP contribution in [0.1, 0.15) is 43.4 Å². The molecule has 0 spiro atoms. The fraction of sp³-hybridized carbons (Fsp3) is 0.700. The van der Waals surface area contributed by atoms with Crippen LogP contribution in [0.25, 0.3) is 0 Å². The van der Waals surface area contributed by atoms with Gasteiger partial charge in [0.25, 0.3) is 0 Å². The largest absolute Gasteiger partial charge is 0.481 e. The fourth-order valence-electron chi connectivity index (χ4n) is 3.32. The number of pyridine rings is 1. The third kappa shape index (κ3) is 9.94. The van der Waals surface area contributed by atoms with Gasteiger partial charge in [0.15, 0.2) is 0 Å². The van der Waals surface area contributed by atoms with Crippen LogP contribution in [-0.2, 0) is 22.4 Å². The maximum Gasteiger partial charge on any atom is 0.411 e.